The molecule has 4 heteroatoms. The highest BCUT2D eigenvalue weighted by atomic mass is 16.5. The Morgan fingerprint density at radius 1 is 1.64 bits per heavy atom. The molecule has 2 aliphatic heterocycles. The highest BCUT2D eigenvalue weighted by molar-refractivity contribution is 5.78. The molecule has 80 valence electrons. The van der Waals surface area contributed by atoms with Crippen molar-refractivity contribution in [2.45, 2.75) is 19.4 Å². The van der Waals surface area contributed by atoms with Crippen molar-refractivity contribution >= 4 is 5.91 Å². The van der Waals surface area contributed by atoms with Crippen molar-refractivity contribution < 1.29 is 9.53 Å². The number of hydrogen-bond acceptors (Lipinski definition) is 3. The summed E-state index contributed by atoms with van der Waals surface area (Å²) in [5, 5.41) is 3.33. The summed E-state index contributed by atoms with van der Waals surface area (Å²) in [5.41, 5.74) is 0. The van der Waals surface area contributed by atoms with Gasteiger partial charge in [-0.1, -0.05) is 0 Å². The molecule has 0 aromatic carbocycles. The second-order valence-corrected chi connectivity index (χ2v) is 4.03. The van der Waals surface area contributed by atoms with Crippen molar-refractivity contribution in [1.29, 1.82) is 0 Å². The third-order valence-electron chi connectivity index (χ3n) is 3.18. The number of amides is 1. The number of rotatable bonds is 2. The second kappa shape index (κ2) is 4.28. The highest BCUT2D eigenvalue weighted by Crippen LogP contribution is 2.19. The van der Waals surface area contributed by atoms with E-state index in [1.807, 2.05) is 11.8 Å². The summed E-state index contributed by atoms with van der Waals surface area (Å²) >= 11 is 0. The van der Waals surface area contributed by atoms with E-state index in [1.54, 1.807) is 0 Å². The van der Waals surface area contributed by atoms with Crippen molar-refractivity contribution in [3.63, 3.8) is 0 Å². The number of carbonyl (C=O) groups is 1. The predicted molar refractivity (Wildman–Crippen MR) is 53.0 cm³/mol. The van der Waals surface area contributed by atoms with Crippen molar-refractivity contribution in [2.24, 2.45) is 5.92 Å². The molecule has 2 saturated heterocycles. The maximum absolute atomic E-state index is 11.4. The van der Waals surface area contributed by atoms with Gasteiger partial charge in [-0.05, 0) is 19.9 Å². The number of hydrogen-bond donors (Lipinski definition) is 1. The molecule has 14 heavy (non-hydrogen) atoms. The number of morpholine rings is 1. The minimum atomic E-state index is 0.134. The molecule has 0 bridgehead atoms. The van der Waals surface area contributed by atoms with Crippen LogP contribution in [0.15, 0.2) is 0 Å². The van der Waals surface area contributed by atoms with Crippen LogP contribution in [0.4, 0.5) is 0 Å². The van der Waals surface area contributed by atoms with Gasteiger partial charge >= 0.3 is 0 Å². The average Bonchev–Trinajstić information content (AvgIpc) is 2.71. The molecule has 4 nitrogen and oxygen atoms in total. The van der Waals surface area contributed by atoms with E-state index < -0.39 is 0 Å². The second-order valence-electron chi connectivity index (χ2n) is 4.03. The Hall–Kier alpha value is -0.610. The largest absolute Gasteiger partial charge is 0.366 e. The summed E-state index contributed by atoms with van der Waals surface area (Å²) in [4.78, 5) is 13.3. The lowest BCUT2D eigenvalue weighted by Crippen LogP contribution is -2.49. The van der Waals surface area contributed by atoms with Crippen LogP contribution in [0.1, 0.15) is 13.3 Å². The molecule has 2 rings (SSSR count). The quantitative estimate of drug-likeness (QED) is 0.670. The van der Waals surface area contributed by atoms with Gasteiger partial charge < -0.3 is 15.0 Å². The fraction of sp³-hybridized carbons (Fsp3) is 0.900. The third kappa shape index (κ3) is 1.91. The SMILES string of the molecule is CCN1CC(C2CCNC2)OCC1=O. The van der Waals surface area contributed by atoms with E-state index in [-0.39, 0.29) is 18.6 Å². The Morgan fingerprint density at radius 3 is 3.14 bits per heavy atom. The first-order valence-electron chi connectivity index (χ1n) is 5.41. The molecule has 0 aromatic heterocycles. The minimum absolute atomic E-state index is 0.134. The molecule has 0 saturated carbocycles. The monoisotopic (exact) mass is 198 g/mol. The van der Waals surface area contributed by atoms with Gasteiger partial charge in [0, 0.05) is 25.6 Å². The molecule has 2 aliphatic rings. The first-order chi connectivity index (χ1) is 6.81. The first kappa shape index (κ1) is 9.93. The van der Waals surface area contributed by atoms with Crippen molar-refractivity contribution in [1.82, 2.24) is 10.2 Å². The maximum Gasteiger partial charge on any atom is 0.248 e. The lowest BCUT2D eigenvalue weighted by molar-refractivity contribution is -0.151. The molecule has 2 atom stereocenters. The van der Waals surface area contributed by atoms with Crippen LogP contribution in [-0.2, 0) is 9.53 Å². The lowest BCUT2D eigenvalue weighted by Gasteiger charge is -2.34. The molecule has 1 N–H and O–H groups in total. The van der Waals surface area contributed by atoms with E-state index >= 15 is 0 Å². The van der Waals surface area contributed by atoms with Gasteiger partial charge in [0.1, 0.15) is 6.61 Å². The summed E-state index contributed by atoms with van der Waals surface area (Å²) in [6.07, 6.45) is 1.43. The molecular weight excluding hydrogens is 180 g/mol. The van der Waals surface area contributed by atoms with Gasteiger partial charge in [-0.3, -0.25) is 4.79 Å². The van der Waals surface area contributed by atoms with Crippen molar-refractivity contribution in [3.8, 4) is 0 Å². The van der Waals surface area contributed by atoms with Gasteiger partial charge in [0.15, 0.2) is 0 Å². The summed E-state index contributed by atoms with van der Waals surface area (Å²) in [6.45, 7) is 6.00. The summed E-state index contributed by atoms with van der Waals surface area (Å²) in [5.74, 6) is 0.729. The van der Waals surface area contributed by atoms with Crippen LogP contribution in [0.2, 0.25) is 0 Å². The lowest BCUT2D eigenvalue weighted by atomic mass is 10.00. The number of nitrogens with zero attached hydrogens (tertiary/aromatic N) is 1. The molecule has 2 unspecified atom stereocenters. The molecular formula is C10H18N2O2. The van der Waals surface area contributed by atoms with Crippen LogP contribution in [0.25, 0.3) is 0 Å². The molecule has 0 radical (unpaired) electrons. The van der Waals surface area contributed by atoms with Crippen molar-refractivity contribution in [2.75, 3.05) is 32.8 Å². The Kier molecular flexibility index (Phi) is 3.03. The van der Waals surface area contributed by atoms with Gasteiger partial charge in [-0.2, -0.15) is 0 Å². The van der Waals surface area contributed by atoms with E-state index in [0.29, 0.717) is 5.92 Å². The first-order valence-corrected chi connectivity index (χ1v) is 5.41. The maximum atomic E-state index is 11.4. The van der Waals surface area contributed by atoms with Gasteiger partial charge in [-0.15, -0.1) is 0 Å². The van der Waals surface area contributed by atoms with E-state index in [9.17, 15) is 4.79 Å². The Labute approximate surface area is 84.6 Å². The van der Waals surface area contributed by atoms with E-state index in [4.69, 9.17) is 4.74 Å². The molecule has 2 fully saturated rings. The number of carbonyl (C=O) groups excluding carboxylic acids is 1. The van der Waals surface area contributed by atoms with E-state index in [2.05, 4.69) is 5.32 Å². The summed E-state index contributed by atoms with van der Waals surface area (Å²) in [7, 11) is 0. The summed E-state index contributed by atoms with van der Waals surface area (Å²) in [6, 6.07) is 0. The van der Waals surface area contributed by atoms with Crippen molar-refractivity contribution in [3.05, 3.63) is 0 Å². The smallest absolute Gasteiger partial charge is 0.248 e. The zero-order valence-corrected chi connectivity index (χ0v) is 8.66. The molecule has 2 heterocycles. The van der Waals surface area contributed by atoms with E-state index in [0.717, 1.165) is 26.2 Å². The average molecular weight is 198 g/mol. The third-order valence-corrected chi connectivity index (χ3v) is 3.18. The number of nitrogens with one attached hydrogen (secondary N) is 1. The zero-order valence-electron chi connectivity index (χ0n) is 8.66. The number of ether oxygens (including phenoxy) is 1. The Morgan fingerprint density at radius 2 is 2.50 bits per heavy atom. The van der Waals surface area contributed by atoms with Crippen LogP contribution in [-0.4, -0.2) is 49.7 Å². The van der Waals surface area contributed by atoms with Crippen LogP contribution in [0.5, 0.6) is 0 Å². The zero-order chi connectivity index (χ0) is 9.97. The van der Waals surface area contributed by atoms with Crippen LogP contribution in [0.3, 0.4) is 0 Å². The summed E-state index contributed by atoms with van der Waals surface area (Å²) < 4.78 is 5.58. The Balaban J connectivity index is 1.91. The highest BCUT2D eigenvalue weighted by Gasteiger charge is 2.32. The fourth-order valence-corrected chi connectivity index (χ4v) is 2.23. The van der Waals surface area contributed by atoms with Gasteiger partial charge in [0.25, 0.3) is 0 Å². The topological polar surface area (TPSA) is 41.6 Å². The fourth-order valence-electron chi connectivity index (χ4n) is 2.23. The van der Waals surface area contributed by atoms with Gasteiger partial charge in [-0.25, -0.2) is 0 Å². The Bertz CT molecular complexity index is 214. The van der Waals surface area contributed by atoms with Crippen LogP contribution < -0.4 is 5.32 Å². The molecule has 1 amide bonds. The van der Waals surface area contributed by atoms with E-state index in [1.165, 1.54) is 6.42 Å². The molecule has 0 spiro atoms. The van der Waals surface area contributed by atoms with Crippen LogP contribution >= 0.6 is 0 Å². The standard InChI is InChI=1S/C10H18N2O2/c1-2-12-6-9(14-7-10(12)13)8-3-4-11-5-8/h8-9,11H,2-7H2,1H3. The van der Waals surface area contributed by atoms with Gasteiger partial charge in [0.05, 0.1) is 6.10 Å². The van der Waals surface area contributed by atoms with Crippen LogP contribution in [0, 0.1) is 5.92 Å². The molecule has 0 aromatic rings. The minimum Gasteiger partial charge on any atom is -0.366 e. The number of likely N-dealkylation sites (N-methyl/N-ethyl adjacent to an activating group) is 1. The van der Waals surface area contributed by atoms with Gasteiger partial charge in [0.2, 0.25) is 5.91 Å². The molecule has 0 aliphatic carbocycles. The predicted octanol–water partition coefficient (Wildman–Crippen LogP) is -0.157. The normalized spacial score (nSPS) is 33.8.